The Balaban J connectivity index is 1.57. The van der Waals surface area contributed by atoms with Gasteiger partial charge in [0.25, 0.3) is 0 Å². The van der Waals surface area contributed by atoms with Crippen LogP contribution in [0.15, 0.2) is 40.8 Å². The standard InChI is InChI=1S/C16H14FN5OS/c1-9(13-7-22-16(21-13)24-8-19-22)18-6-10-5-14(23)11-3-2-4-12(17)15(11)20-10/h2-5,7-9,18H,6H2,1H3,(H,20,23)/t9-/m1/s1. The monoisotopic (exact) mass is 343 g/mol. The van der Waals surface area contributed by atoms with E-state index in [2.05, 4.69) is 20.4 Å². The zero-order valence-corrected chi connectivity index (χ0v) is 13.6. The number of nitrogens with zero attached hydrogens (tertiary/aromatic N) is 3. The van der Waals surface area contributed by atoms with Gasteiger partial charge in [-0.15, -0.1) is 0 Å². The molecule has 4 aromatic rings. The summed E-state index contributed by atoms with van der Waals surface area (Å²) in [4.78, 5) is 20.4. The first kappa shape index (κ1) is 15.0. The van der Waals surface area contributed by atoms with E-state index in [-0.39, 0.29) is 17.0 Å². The summed E-state index contributed by atoms with van der Waals surface area (Å²) in [7, 11) is 0. The molecule has 3 aromatic heterocycles. The molecule has 1 aromatic carbocycles. The van der Waals surface area contributed by atoms with Crippen molar-refractivity contribution in [3.63, 3.8) is 0 Å². The second kappa shape index (κ2) is 5.81. The first-order valence-electron chi connectivity index (χ1n) is 7.44. The Morgan fingerprint density at radius 1 is 1.46 bits per heavy atom. The SMILES string of the molecule is C[C@@H](NCc1cc(=O)c2cccc(F)c2[nH]1)c1cn2ncsc2n1. The van der Waals surface area contributed by atoms with Gasteiger partial charge in [0.2, 0.25) is 4.96 Å². The van der Waals surface area contributed by atoms with Crippen LogP contribution in [0.5, 0.6) is 0 Å². The molecule has 122 valence electrons. The van der Waals surface area contributed by atoms with Crippen molar-refractivity contribution in [2.45, 2.75) is 19.5 Å². The van der Waals surface area contributed by atoms with Gasteiger partial charge in [0, 0.05) is 29.7 Å². The topological polar surface area (TPSA) is 75.1 Å². The maximum Gasteiger partial charge on any atom is 0.212 e. The third-order valence-corrected chi connectivity index (χ3v) is 4.61. The molecule has 0 aliphatic rings. The summed E-state index contributed by atoms with van der Waals surface area (Å²) >= 11 is 1.47. The Hall–Kier alpha value is -2.58. The van der Waals surface area contributed by atoms with Gasteiger partial charge in [-0.3, -0.25) is 4.79 Å². The van der Waals surface area contributed by atoms with Crippen molar-refractivity contribution >= 4 is 27.2 Å². The van der Waals surface area contributed by atoms with E-state index in [4.69, 9.17) is 0 Å². The van der Waals surface area contributed by atoms with Crippen LogP contribution in [0.25, 0.3) is 15.9 Å². The minimum absolute atomic E-state index is 0.0290. The summed E-state index contributed by atoms with van der Waals surface area (Å²) in [6, 6.07) is 5.95. The molecule has 0 saturated heterocycles. The Morgan fingerprint density at radius 3 is 3.17 bits per heavy atom. The molecule has 0 fully saturated rings. The molecule has 6 nitrogen and oxygen atoms in total. The molecule has 2 N–H and O–H groups in total. The third kappa shape index (κ3) is 2.59. The van der Waals surface area contributed by atoms with Crippen LogP contribution in [0.3, 0.4) is 0 Å². The van der Waals surface area contributed by atoms with E-state index in [0.717, 1.165) is 10.7 Å². The number of pyridine rings is 1. The van der Waals surface area contributed by atoms with E-state index in [0.29, 0.717) is 17.6 Å². The van der Waals surface area contributed by atoms with Crippen molar-refractivity contribution in [1.29, 1.82) is 0 Å². The highest BCUT2D eigenvalue weighted by Gasteiger charge is 2.12. The maximum atomic E-state index is 13.9. The Bertz CT molecular complexity index is 1050. The van der Waals surface area contributed by atoms with Crippen LogP contribution in [-0.4, -0.2) is 19.6 Å². The number of imidazole rings is 1. The number of rotatable bonds is 4. The molecular formula is C16H14FN5OS. The maximum absolute atomic E-state index is 13.9. The average molecular weight is 343 g/mol. The van der Waals surface area contributed by atoms with E-state index in [1.54, 1.807) is 16.1 Å². The van der Waals surface area contributed by atoms with E-state index < -0.39 is 5.82 Å². The van der Waals surface area contributed by atoms with E-state index >= 15 is 0 Å². The van der Waals surface area contributed by atoms with Crippen LogP contribution >= 0.6 is 11.3 Å². The zero-order chi connectivity index (χ0) is 16.7. The average Bonchev–Trinajstić information content (AvgIpc) is 3.15. The summed E-state index contributed by atoms with van der Waals surface area (Å²) in [5.74, 6) is -0.431. The lowest BCUT2D eigenvalue weighted by molar-refractivity contribution is 0.557. The Morgan fingerprint density at radius 2 is 2.33 bits per heavy atom. The molecule has 24 heavy (non-hydrogen) atoms. The van der Waals surface area contributed by atoms with E-state index in [9.17, 15) is 9.18 Å². The molecule has 0 amide bonds. The number of fused-ring (bicyclic) bond motifs is 2. The van der Waals surface area contributed by atoms with Gasteiger partial charge in [-0.05, 0) is 19.1 Å². The number of aromatic nitrogens is 4. The number of nitrogens with one attached hydrogen (secondary N) is 2. The van der Waals surface area contributed by atoms with Crippen molar-refractivity contribution in [2.24, 2.45) is 0 Å². The van der Waals surface area contributed by atoms with Gasteiger partial charge in [-0.2, -0.15) is 5.10 Å². The van der Waals surface area contributed by atoms with Crippen LogP contribution in [0.2, 0.25) is 0 Å². The van der Waals surface area contributed by atoms with Crippen molar-refractivity contribution in [3.05, 3.63) is 63.4 Å². The highest BCUT2D eigenvalue weighted by atomic mass is 32.1. The number of benzene rings is 1. The summed E-state index contributed by atoms with van der Waals surface area (Å²) in [5, 5.41) is 7.79. The molecule has 8 heteroatoms. The molecule has 4 rings (SSSR count). The van der Waals surface area contributed by atoms with E-state index in [1.165, 1.54) is 29.5 Å². The molecule has 0 spiro atoms. The summed E-state index contributed by atoms with van der Waals surface area (Å²) < 4.78 is 15.6. The number of hydrogen-bond acceptors (Lipinski definition) is 5. The first-order chi connectivity index (χ1) is 11.6. The fraction of sp³-hybridized carbons (Fsp3) is 0.188. The van der Waals surface area contributed by atoms with Gasteiger partial charge in [-0.25, -0.2) is 13.9 Å². The van der Waals surface area contributed by atoms with Gasteiger partial charge in [-0.1, -0.05) is 17.4 Å². The normalized spacial score (nSPS) is 12.9. The largest absolute Gasteiger partial charge is 0.355 e. The number of para-hydroxylation sites is 1. The lowest BCUT2D eigenvalue weighted by Gasteiger charge is -2.12. The third-order valence-electron chi connectivity index (χ3n) is 3.92. The predicted octanol–water partition coefficient (Wildman–Crippen LogP) is 2.62. The smallest absolute Gasteiger partial charge is 0.212 e. The molecule has 0 bridgehead atoms. The van der Waals surface area contributed by atoms with E-state index in [1.807, 2.05) is 13.1 Å². The summed E-state index contributed by atoms with van der Waals surface area (Å²) in [6.07, 6.45) is 1.87. The lowest BCUT2D eigenvalue weighted by atomic mass is 10.2. The van der Waals surface area contributed by atoms with Gasteiger partial charge in [0.15, 0.2) is 5.43 Å². The van der Waals surface area contributed by atoms with Crippen molar-refractivity contribution in [2.75, 3.05) is 0 Å². The van der Waals surface area contributed by atoms with Gasteiger partial charge < -0.3 is 10.3 Å². The molecule has 0 aliphatic carbocycles. The molecule has 0 aliphatic heterocycles. The van der Waals surface area contributed by atoms with Crippen molar-refractivity contribution in [3.8, 4) is 0 Å². The molecule has 1 atom stereocenters. The van der Waals surface area contributed by atoms with Gasteiger partial charge in [0.1, 0.15) is 11.3 Å². The number of aromatic amines is 1. The predicted molar refractivity (Wildman–Crippen MR) is 90.6 cm³/mol. The summed E-state index contributed by atoms with van der Waals surface area (Å²) in [6.45, 7) is 2.38. The molecule has 0 unspecified atom stereocenters. The molecule has 3 heterocycles. The minimum atomic E-state index is -0.431. The quantitative estimate of drug-likeness (QED) is 0.597. The van der Waals surface area contributed by atoms with Crippen LogP contribution < -0.4 is 10.7 Å². The highest BCUT2D eigenvalue weighted by Crippen LogP contribution is 2.16. The van der Waals surface area contributed by atoms with Crippen LogP contribution in [0, 0.1) is 5.82 Å². The minimum Gasteiger partial charge on any atom is -0.355 e. The fourth-order valence-electron chi connectivity index (χ4n) is 2.62. The second-order valence-corrected chi connectivity index (χ2v) is 6.37. The Labute approximate surface area is 140 Å². The fourth-order valence-corrected chi connectivity index (χ4v) is 3.23. The van der Waals surface area contributed by atoms with Crippen LogP contribution in [0.1, 0.15) is 24.4 Å². The first-order valence-corrected chi connectivity index (χ1v) is 8.32. The number of hydrogen-bond donors (Lipinski definition) is 2. The second-order valence-electron chi connectivity index (χ2n) is 5.56. The van der Waals surface area contributed by atoms with Crippen molar-refractivity contribution < 1.29 is 4.39 Å². The summed E-state index contributed by atoms with van der Waals surface area (Å²) in [5.41, 5.74) is 3.27. The van der Waals surface area contributed by atoms with Gasteiger partial charge >= 0.3 is 0 Å². The zero-order valence-electron chi connectivity index (χ0n) is 12.8. The number of halogens is 1. The van der Waals surface area contributed by atoms with Crippen LogP contribution in [0.4, 0.5) is 4.39 Å². The molecule has 0 radical (unpaired) electrons. The Kier molecular flexibility index (Phi) is 3.62. The van der Waals surface area contributed by atoms with Crippen LogP contribution in [-0.2, 0) is 6.54 Å². The highest BCUT2D eigenvalue weighted by molar-refractivity contribution is 7.14. The van der Waals surface area contributed by atoms with Crippen molar-refractivity contribution in [1.82, 2.24) is 24.9 Å². The van der Waals surface area contributed by atoms with Gasteiger partial charge in [0.05, 0.1) is 17.4 Å². The lowest BCUT2D eigenvalue weighted by Crippen LogP contribution is -2.20. The molecule has 0 saturated carbocycles. The molecular weight excluding hydrogens is 329 g/mol. The number of H-pyrrole nitrogens is 1.